The van der Waals surface area contributed by atoms with Gasteiger partial charge in [0.1, 0.15) is 5.75 Å². The van der Waals surface area contributed by atoms with Crippen LogP contribution in [0.2, 0.25) is 0 Å². The van der Waals surface area contributed by atoms with Gasteiger partial charge in [-0.25, -0.2) is 0 Å². The molecule has 1 aromatic rings. The van der Waals surface area contributed by atoms with Crippen molar-refractivity contribution in [2.24, 2.45) is 0 Å². The van der Waals surface area contributed by atoms with Gasteiger partial charge in [0.25, 0.3) is 0 Å². The van der Waals surface area contributed by atoms with Crippen molar-refractivity contribution < 1.29 is 9.68 Å². The first-order valence-electron chi connectivity index (χ1n) is 4.47. The molecule has 3 N–H and O–H groups in total. The average molecular weight is 192 g/mol. The van der Waals surface area contributed by atoms with Gasteiger partial charge in [-0.2, -0.15) is 0 Å². The van der Waals surface area contributed by atoms with Gasteiger partial charge in [0.2, 0.25) is 0 Å². The predicted octanol–water partition coefficient (Wildman–Crippen LogP) is 1.47. The summed E-state index contributed by atoms with van der Waals surface area (Å²) in [5.74, 6) is 0.553. The third-order valence-electron chi connectivity index (χ3n) is 1.98. The van der Waals surface area contributed by atoms with E-state index in [0.29, 0.717) is 19.1 Å². The van der Waals surface area contributed by atoms with Gasteiger partial charge in [0, 0.05) is 11.8 Å². The molecule has 1 aromatic carbocycles. The Labute approximate surface area is 85.2 Å². The maximum atomic E-state index is 8.52. The Hall–Kier alpha value is -1.16. The highest BCUT2D eigenvalue weighted by molar-refractivity contribution is 6.17. The molecule has 0 amide bonds. The second kappa shape index (κ2) is 3.92. The Balaban J connectivity index is 3.07. The molecule has 0 aliphatic heterocycles. The van der Waals surface area contributed by atoms with Gasteiger partial charge >= 0.3 is 7.69 Å². The SMILES string of the molecule is CC(C)(C)c1cc(N)cc(O[B]O)c1. The van der Waals surface area contributed by atoms with E-state index in [0.717, 1.165) is 5.56 Å². The Bertz CT molecular complexity index is 320. The minimum atomic E-state index is 0.0168. The van der Waals surface area contributed by atoms with E-state index in [4.69, 9.17) is 15.4 Å². The molecule has 0 unspecified atom stereocenters. The lowest BCUT2D eigenvalue weighted by molar-refractivity contribution is 0.452. The summed E-state index contributed by atoms with van der Waals surface area (Å²) in [6.07, 6.45) is 0. The zero-order chi connectivity index (χ0) is 10.8. The number of nitrogen functional groups attached to an aromatic ring is 1. The molecule has 0 fully saturated rings. The number of anilines is 1. The van der Waals surface area contributed by atoms with Crippen LogP contribution in [0.3, 0.4) is 0 Å². The summed E-state index contributed by atoms with van der Waals surface area (Å²) < 4.78 is 4.87. The molecule has 0 heterocycles. The Kier molecular flexibility index (Phi) is 3.06. The molecule has 0 saturated carbocycles. The fourth-order valence-corrected chi connectivity index (χ4v) is 1.18. The van der Waals surface area contributed by atoms with Crippen LogP contribution >= 0.6 is 0 Å². The van der Waals surface area contributed by atoms with E-state index < -0.39 is 0 Å². The fourth-order valence-electron chi connectivity index (χ4n) is 1.18. The van der Waals surface area contributed by atoms with Gasteiger partial charge in [0.05, 0.1) is 0 Å². The van der Waals surface area contributed by atoms with Gasteiger partial charge in [-0.05, 0) is 23.1 Å². The standard InChI is InChI=1S/C10H15BNO2/c1-10(2,3)7-4-8(12)6-9(5-7)14-11-13/h4-6,13H,12H2,1-3H3. The van der Waals surface area contributed by atoms with Crippen LogP contribution in [-0.4, -0.2) is 12.7 Å². The van der Waals surface area contributed by atoms with Crippen molar-refractivity contribution in [3.63, 3.8) is 0 Å². The zero-order valence-corrected chi connectivity index (χ0v) is 8.74. The molecule has 0 atom stereocenters. The highest BCUT2D eigenvalue weighted by atomic mass is 16.5. The van der Waals surface area contributed by atoms with E-state index in [1.165, 1.54) is 0 Å². The topological polar surface area (TPSA) is 55.5 Å². The van der Waals surface area contributed by atoms with Crippen molar-refractivity contribution in [1.82, 2.24) is 0 Å². The summed E-state index contributed by atoms with van der Waals surface area (Å²) in [5, 5.41) is 8.52. The lowest BCUT2D eigenvalue weighted by atomic mass is 9.86. The van der Waals surface area contributed by atoms with Gasteiger partial charge in [-0.1, -0.05) is 20.8 Å². The van der Waals surface area contributed by atoms with Crippen LogP contribution in [0.15, 0.2) is 18.2 Å². The molecule has 4 heteroatoms. The van der Waals surface area contributed by atoms with E-state index in [9.17, 15) is 0 Å². The summed E-state index contributed by atoms with van der Waals surface area (Å²) in [7, 11) is 0.654. The molecular formula is C10H15BNO2. The number of rotatable bonds is 2. The van der Waals surface area contributed by atoms with Crippen LogP contribution < -0.4 is 10.4 Å². The fraction of sp³-hybridized carbons (Fsp3) is 0.400. The number of nitrogens with two attached hydrogens (primary N) is 1. The monoisotopic (exact) mass is 192 g/mol. The Morgan fingerprint density at radius 1 is 1.29 bits per heavy atom. The normalized spacial score (nSPS) is 11.1. The Morgan fingerprint density at radius 2 is 1.93 bits per heavy atom. The summed E-state index contributed by atoms with van der Waals surface area (Å²) in [5.41, 5.74) is 7.44. The Morgan fingerprint density at radius 3 is 2.43 bits per heavy atom. The lowest BCUT2D eigenvalue weighted by Gasteiger charge is -2.20. The molecule has 0 aliphatic rings. The van der Waals surface area contributed by atoms with Crippen molar-refractivity contribution in [1.29, 1.82) is 0 Å². The molecule has 14 heavy (non-hydrogen) atoms. The molecule has 0 aliphatic carbocycles. The van der Waals surface area contributed by atoms with Gasteiger partial charge < -0.3 is 15.4 Å². The lowest BCUT2D eigenvalue weighted by Crippen LogP contribution is -2.12. The minimum Gasteiger partial charge on any atom is -0.537 e. The maximum absolute atomic E-state index is 8.52. The van der Waals surface area contributed by atoms with Crippen LogP contribution in [0.1, 0.15) is 26.3 Å². The van der Waals surface area contributed by atoms with Crippen molar-refractivity contribution in [3.8, 4) is 5.75 Å². The van der Waals surface area contributed by atoms with Gasteiger partial charge in [-0.15, -0.1) is 0 Å². The zero-order valence-electron chi connectivity index (χ0n) is 8.74. The first-order chi connectivity index (χ1) is 6.43. The van der Waals surface area contributed by atoms with E-state index in [1.54, 1.807) is 6.07 Å². The van der Waals surface area contributed by atoms with Gasteiger partial charge in [-0.3, -0.25) is 0 Å². The highest BCUT2D eigenvalue weighted by Gasteiger charge is 2.15. The number of hydrogen-bond donors (Lipinski definition) is 2. The summed E-state index contributed by atoms with van der Waals surface area (Å²) in [6.45, 7) is 6.27. The molecule has 0 saturated heterocycles. The van der Waals surface area contributed by atoms with E-state index in [2.05, 4.69) is 20.8 Å². The second-order valence-electron chi connectivity index (χ2n) is 4.26. The first-order valence-corrected chi connectivity index (χ1v) is 4.47. The third-order valence-corrected chi connectivity index (χ3v) is 1.98. The highest BCUT2D eigenvalue weighted by Crippen LogP contribution is 2.28. The average Bonchev–Trinajstić information content (AvgIpc) is 2.02. The summed E-state index contributed by atoms with van der Waals surface area (Å²) in [6, 6.07) is 5.44. The maximum Gasteiger partial charge on any atom is 0.569 e. The van der Waals surface area contributed by atoms with E-state index in [-0.39, 0.29) is 5.41 Å². The van der Waals surface area contributed by atoms with Crippen molar-refractivity contribution in [2.45, 2.75) is 26.2 Å². The quantitative estimate of drug-likeness (QED) is 0.551. The van der Waals surface area contributed by atoms with Crippen LogP contribution in [0.25, 0.3) is 0 Å². The molecular weight excluding hydrogens is 177 g/mol. The first kappa shape index (κ1) is 10.9. The molecule has 1 radical (unpaired) electrons. The molecule has 0 spiro atoms. The number of hydrogen-bond acceptors (Lipinski definition) is 3. The smallest absolute Gasteiger partial charge is 0.537 e. The van der Waals surface area contributed by atoms with Crippen LogP contribution in [-0.2, 0) is 5.41 Å². The van der Waals surface area contributed by atoms with E-state index in [1.807, 2.05) is 12.1 Å². The molecule has 1 rings (SSSR count). The van der Waals surface area contributed by atoms with Gasteiger partial charge in [0.15, 0.2) is 0 Å². The number of benzene rings is 1. The summed E-state index contributed by atoms with van der Waals surface area (Å²) in [4.78, 5) is 0. The minimum absolute atomic E-state index is 0.0168. The molecule has 0 aromatic heterocycles. The van der Waals surface area contributed by atoms with E-state index >= 15 is 0 Å². The largest absolute Gasteiger partial charge is 0.569 e. The van der Waals surface area contributed by atoms with Crippen molar-refractivity contribution >= 4 is 13.4 Å². The van der Waals surface area contributed by atoms with Crippen molar-refractivity contribution in [2.75, 3.05) is 5.73 Å². The molecule has 0 bridgehead atoms. The van der Waals surface area contributed by atoms with Crippen molar-refractivity contribution in [3.05, 3.63) is 23.8 Å². The van der Waals surface area contributed by atoms with Crippen LogP contribution in [0.4, 0.5) is 5.69 Å². The van der Waals surface area contributed by atoms with Crippen LogP contribution in [0, 0.1) is 0 Å². The second-order valence-corrected chi connectivity index (χ2v) is 4.26. The van der Waals surface area contributed by atoms with Crippen LogP contribution in [0.5, 0.6) is 5.75 Å². The molecule has 3 nitrogen and oxygen atoms in total. The predicted molar refractivity (Wildman–Crippen MR) is 58.2 cm³/mol. The summed E-state index contributed by atoms with van der Waals surface area (Å²) >= 11 is 0. The molecule has 75 valence electrons. The third kappa shape index (κ3) is 2.67.